The maximum absolute atomic E-state index is 12.9. The molecule has 42 heavy (non-hydrogen) atoms. The predicted octanol–water partition coefficient (Wildman–Crippen LogP) is 6.20. The number of ether oxygens (including phenoxy) is 2. The van der Waals surface area contributed by atoms with Gasteiger partial charge in [-0.1, -0.05) is 42.8 Å². The fraction of sp³-hybridized carbons (Fsp3) is 0.486. The summed E-state index contributed by atoms with van der Waals surface area (Å²) in [6.07, 6.45) is 15.2. The van der Waals surface area contributed by atoms with E-state index in [0.29, 0.717) is 19.8 Å². The number of rotatable bonds is 6. The standard InChI is InChI=1S/C35H42N4O3/c40-34-30(35(25-36-34)15-20-41-21-16-35)22-28-11-13-29-31(37-39(32(29)23-28)33-6-2-5-19-42-33)14-12-26-7-9-27(10-8-26)24-38-17-3-1-4-18-38/h7-14,22-23,33H,1-6,15-21,24-25H2,(H,36,40)/b14-12+,30-22-. The lowest BCUT2D eigenvalue weighted by Gasteiger charge is -2.32. The third-order valence-electron chi connectivity index (χ3n) is 9.62. The van der Waals surface area contributed by atoms with Gasteiger partial charge in [0, 0.05) is 49.3 Å². The van der Waals surface area contributed by atoms with Gasteiger partial charge < -0.3 is 14.8 Å². The van der Waals surface area contributed by atoms with Crippen LogP contribution in [0.4, 0.5) is 0 Å². The number of hydrogen-bond donors (Lipinski definition) is 1. The van der Waals surface area contributed by atoms with Gasteiger partial charge in [0.2, 0.25) is 5.91 Å². The Hall–Kier alpha value is -3.26. The Morgan fingerprint density at radius 3 is 2.52 bits per heavy atom. The van der Waals surface area contributed by atoms with Crippen LogP contribution in [0.1, 0.15) is 80.0 Å². The van der Waals surface area contributed by atoms with Gasteiger partial charge in [-0.2, -0.15) is 5.10 Å². The highest BCUT2D eigenvalue weighted by Crippen LogP contribution is 2.42. The molecule has 4 saturated heterocycles. The molecule has 7 rings (SSSR count). The van der Waals surface area contributed by atoms with Crippen LogP contribution in [0, 0.1) is 5.41 Å². The molecular weight excluding hydrogens is 524 g/mol. The first-order chi connectivity index (χ1) is 20.7. The predicted molar refractivity (Wildman–Crippen MR) is 167 cm³/mol. The number of benzene rings is 2. The van der Waals surface area contributed by atoms with E-state index in [1.807, 2.05) is 0 Å². The van der Waals surface area contributed by atoms with Crippen molar-refractivity contribution >= 4 is 35.0 Å². The Balaban J connectivity index is 1.18. The molecule has 4 aliphatic rings. The van der Waals surface area contributed by atoms with E-state index in [2.05, 4.69) is 75.6 Å². The summed E-state index contributed by atoms with van der Waals surface area (Å²) in [4.78, 5) is 15.5. The van der Waals surface area contributed by atoms with Crippen molar-refractivity contribution in [2.24, 2.45) is 5.41 Å². The maximum atomic E-state index is 12.9. The van der Waals surface area contributed by atoms with Crippen molar-refractivity contribution < 1.29 is 14.3 Å². The minimum atomic E-state index is -0.131. The lowest BCUT2D eigenvalue weighted by Crippen LogP contribution is -2.32. The van der Waals surface area contributed by atoms with Crippen LogP contribution in [-0.4, -0.2) is 60.0 Å². The van der Waals surface area contributed by atoms with E-state index in [4.69, 9.17) is 14.6 Å². The number of likely N-dealkylation sites (tertiary alicyclic amines) is 1. The molecule has 7 nitrogen and oxygen atoms in total. The number of nitrogens with zero attached hydrogens (tertiary/aromatic N) is 3. The molecule has 0 aliphatic carbocycles. The summed E-state index contributed by atoms with van der Waals surface area (Å²) >= 11 is 0. The van der Waals surface area contributed by atoms with Gasteiger partial charge in [-0.15, -0.1) is 0 Å². The van der Waals surface area contributed by atoms with E-state index in [1.165, 1.54) is 43.5 Å². The van der Waals surface area contributed by atoms with Gasteiger partial charge in [0.15, 0.2) is 6.23 Å². The first-order valence-corrected chi connectivity index (χ1v) is 15.9. The van der Waals surface area contributed by atoms with Gasteiger partial charge in [-0.25, -0.2) is 4.68 Å². The number of carbonyl (C=O) groups excluding carboxylic acids is 1. The normalized spacial score (nSPS) is 24.2. The second kappa shape index (κ2) is 12.2. The minimum absolute atomic E-state index is 0.0479. The van der Waals surface area contributed by atoms with Crippen molar-refractivity contribution in [2.45, 2.75) is 64.1 Å². The third kappa shape index (κ3) is 5.70. The summed E-state index contributed by atoms with van der Waals surface area (Å²) in [5, 5.41) is 9.27. The maximum Gasteiger partial charge on any atom is 0.247 e. The summed E-state index contributed by atoms with van der Waals surface area (Å²) in [6.45, 7) is 6.33. The van der Waals surface area contributed by atoms with E-state index in [9.17, 15) is 4.79 Å². The van der Waals surface area contributed by atoms with Crippen LogP contribution in [0.3, 0.4) is 0 Å². The molecular formula is C35H42N4O3. The molecule has 1 atom stereocenters. The molecule has 4 aliphatic heterocycles. The topological polar surface area (TPSA) is 68.6 Å². The Labute approximate surface area is 248 Å². The number of piperidine rings is 1. The summed E-state index contributed by atoms with van der Waals surface area (Å²) < 4.78 is 13.9. The fourth-order valence-electron chi connectivity index (χ4n) is 7.09. The Morgan fingerprint density at radius 2 is 1.74 bits per heavy atom. The number of fused-ring (bicyclic) bond motifs is 1. The van der Waals surface area contributed by atoms with E-state index < -0.39 is 0 Å². The second-order valence-corrected chi connectivity index (χ2v) is 12.5. The van der Waals surface area contributed by atoms with Gasteiger partial charge in [-0.05, 0) is 99.0 Å². The van der Waals surface area contributed by atoms with Crippen LogP contribution < -0.4 is 5.32 Å². The zero-order chi connectivity index (χ0) is 28.4. The summed E-state index contributed by atoms with van der Waals surface area (Å²) in [5.74, 6) is 0.0479. The molecule has 1 N–H and O–H groups in total. The van der Waals surface area contributed by atoms with Crippen LogP contribution in [0.5, 0.6) is 0 Å². The average molecular weight is 567 g/mol. The van der Waals surface area contributed by atoms with Crippen molar-refractivity contribution in [1.82, 2.24) is 20.0 Å². The minimum Gasteiger partial charge on any atom is -0.381 e. The first kappa shape index (κ1) is 27.6. The van der Waals surface area contributed by atoms with Gasteiger partial charge in [0.25, 0.3) is 0 Å². The van der Waals surface area contributed by atoms with E-state index >= 15 is 0 Å². The van der Waals surface area contributed by atoms with Gasteiger partial charge in [-0.3, -0.25) is 9.69 Å². The highest BCUT2D eigenvalue weighted by Gasteiger charge is 2.44. The van der Waals surface area contributed by atoms with Crippen LogP contribution >= 0.6 is 0 Å². The molecule has 1 aromatic heterocycles. The Morgan fingerprint density at radius 1 is 0.929 bits per heavy atom. The monoisotopic (exact) mass is 566 g/mol. The molecule has 220 valence electrons. The van der Waals surface area contributed by atoms with Crippen molar-refractivity contribution in [1.29, 1.82) is 0 Å². The molecule has 2 aromatic carbocycles. The Bertz CT molecular complexity index is 1470. The zero-order valence-electron chi connectivity index (χ0n) is 24.5. The van der Waals surface area contributed by atoms with E-state index in [1.54, 1.807) is 0 Å². The molecule has 3 aromatic rings. The van der Waals surface area contributed by atoms with Crippen LogP contribution in [-0.2, 0) is 20.8 Å². The summed E-state index contributed by atoms with van der Waals surface area (Å²) in [6, 6.07) is 15.4. The molecule has 7 heteroatoms. The van der Waals surface area contributed by atoms with Crippen LogP contribution in [0.15, 0.2) is 48.0 Å². The molecule has 4 fully saturated rings. The van der Waals surface area contributed by atoms with Crippen LogP contribution in [0.25, 0.3) is 29.1 Å². The highest BCUT2D eigenvalue weighted by molar-refractivity contribution is 6.02. The van der Waals surface area contributed by atoms with Gasteiger partial charge in [0.1, 0.15) is 0 Å². The molecule has 0 radical (unpaired) electrons. The molecule has 1 spiro atoms. The fourth-order valence-corrected chi connectivity index (χ4v) is 7.09. The largest absolute Gasteiger partial charge is 0.381 e. The first-order valence-electron chi connectivity index (χ1n) is 15.9. The van der Waals surface area contributed by atoms with Crippen molar-refractivity contribution in [3.05, 3.63) is 70.4 Å². The molecule has 5 heterocycles. The van der Waals surface area contributed by atoms with Crippen molar-refractivity contribution in [2.75, 3.05) is 39.5 Å². The van der Waals surface area contributed by atoms with E-state index in [0.717, 1.165) is 73.0 Å². The second-order valence-electron chi connectivity index (χ2n) is 12.5. The Kier molecular flexibility index (Phi) is 7.98. The zero-order valence-corrected chi connectivity index (χ0v) is 24.5. The molecule has 1 amide bonds. The van der Waals surface area contributed by atoms with E-state index in [-0.39, 0.29) is 17.6 Å². The van der Waals surface area contributed by atoms with Crippen molar-refractivity contribution in [3.8, 4) is 0 Å². The molecule has 0 bridgehead atoms. The summed E-state index contributed by atoms with van der Waals surface area (Å²) in [7, 11) is 0. The number of hydrogen-bond acceptors (Lipinski definition) is 5. The van der Waals surface area contributed by atoms with Gasteiger partial charge >= 0.3 is 0 Å². The average Bonchev–Trinajstić information content (AvgIpc) is 3.55. The lowest BCUT2D eigenvalue weighted by atomic mass is 9.75. The van der Waals surface area contributed by atoms with Gasteiger partial charge in [0.05, 0.1) is 11.2 Å². The molecule has 0 saturated carbocycles. The van der Waals surface area contributed by atoms with Crippen molar-refractivity contribution in [3.63, 3.8) is 0 Å². The highest BCUT2D eigenvalue weighted by atomic mass is 16.5. The SMILES string of the molecule is O=C1NCC2(CCOCC2)/C1=C\c1ccc2c(/C=C/c3ccc(CN4CCCCC4)cc3)nn(C3CCCCO3)c2c1. The molecule has 1 unspecified atom stereocenters. The summed E-state index contributed by atoms with van der Waals surface area (Å²) in [5.41, 5.74) is 6.31. The smallest absolute Gasteiger partial charge is 0.247 e. The van der Waals surface area contributed by atoms with Crippen LogP contribution in [0.2, 0.25) is 0 Å². The quantitative estimate of drug-likeness (QED) is 0.360. The number of nitrogens with one attached hydrogen (secondary N) is 1. The number of aromatic nitrogens is 2. The third-order valence-corrected chi connectivity index (χ3v) is 9.62. The lowest BCUT2D eigenvalue weighted by molar-refractivity contribution is -0.116. The number of amides is 1. The number of carbonyl (C=O) groups is 1.